The lowest BCUT2D eigenvalue weighted by molar-refractivity contribution is -0.192. The Morgan fingerprint density at radius 1 is 1.44 bits per heavy atom. The lowest BCUT2D eigenvalue weighted by atomic mass is 10.1. The van der Waals surface area contributed by atoms with Crippen molar-refractivity contribution >= 4 is 11.9 Å². The zero-order valence-corrected chi connectivity index (χ0v) is 8.50. The van der Waals surface area contributed by atoms with E-state index >= 15 is 0 Å². The third kappa shape index (κ3) is 5.54. The second kappa shape index (κ2) is 6.31. The number of alkyl halides is 3. The molecule has 0 unspecified atom stereocenters. The largest absolute Gasteiger partial charge is 0.490 e. The number of methoxy groups -OCH3 is 1. The molecule has 1 aliphatic heterocycles. The Bertz CT molecular complexity index is 248. The number of carbonyl (C=O) groups is 2. The lowest BCUT2D eigenvalue weighted by Crippen LogP contribution is -2.21. The topological polar surface area (TPSA) is 75.6 Å². The van der Waals surface area contributed by atoms with Crippen LogP contribution >= 0.6 is 0 Å². The van der Waals surface area contributed by atoms with Gasteiger partial charge in [-0.1, -0.05) is 0 Å². The minimum atomic E-state index is -5.08. The molecule has 0 bridgehead atoms. The third-order valence-corrected chi connectivity index (χ3v) is 1.84. The number of ether oxygens (including phenoxy) is 1. The molecule has 8 heteroatoms. The number of rotatable bonds is 1. The van der Waals surface area contributed by atoms with E-state index in [0.717, 1.165) is 19.5 Å². The maximum absolute atomic E-state index is 10.8. The van der Waals surface area contributed by atoms with Crippen LogP contribution in [0.25, 0.3) is 0 Å². The third-order valence-electron chi connectivity index (χ3n) is 1.84. The molecule has 94 valence electrons. The highest BCUT2D eigenvalue weighted by Gasteiger charge is 2.38. The van der Waals surface area contributed by atoms with Gasteiger partial charge in [-0.25, -0.2) is 4.79 Å². The molecule has 0 aromatic carbocycles. The van der Waals surface area contributed by atoms with Crippen molar-refractivity contribution in [2.45, 2.75) is 12.6 Å². The van der Waals surface area contributed by atoms with E-state index < -0.39 is 12.1 Å². The maximum atomic E-state index is 10.8. The molecule has 0 aliphatic carbocycles. The highest BCUT2D eigenvalue weighted by molar-refractivity contribution is 5.73. The van der Waals surface area contributed by atoms with Crippen LogP contribution in [-0.4, -0.2) is 43.4 Å². The molecule has 0 aromatic heterocycles. The second-order valence-electron chi connectivity index (χ2n) is 3.02. The summed E-state index contributed by atoms with van der Waals surface area (Å²) in [5, 5.41) is 10.2. The number of nitrogens with one attached hydrogen (secondary N) is 1. The van der Waals surface area contributed by atoms with Crippen molar-refractivity contribution in [3.63, 3.8) is 0 Å². The number of hydrogen-bond acceptors (Lipinski definition) is 4. The SMILES string of the molecule is COC(=O)[C@H]1CCNC1.O=C(O)C(F)(F)F. The average Bonchev–Trinajstić information content (AvgIpc) is 2.69. The van der Waals surface area contributed by atoms with E-state index in [9.17, 15) is 18.0 Å². The Balaban J connectivity index is 0.000000293. The number of carbonyl (C=O) groups excluding carboxylic acids is 1. The second-order valence-corrected chi connectivity index (χ2v) is 3.02. The summed E-state index contributed by atoms with van der Waals surface area (Å²) in [4.78, 5) is 19.6. The molecule has 16 heavy (non-hydrogen) atoms. The monoisotopic (exact) mass is 243 g/mol. The van der Waals surface area contributed by atoms with Crippen molar-refractivity contribution in [3.05, 3.63) is 0 Å². The molecule has 1 atom stereocenters. The van der Waals surface area contributed by atoms with Crippen LogP contribution in [0.2, 0.25) is 0 Å². The van der Waals surface area contributed by atoms with E-state index in [-0.39, 0.29) is 11.9 Å². The number of aliphatic carboxylic acids is 1. The zero-order valence-electron chi connectivity index (χ0n) is 8.50. The fourth-order valence-corrected chi connectivity index (χ4v) is 1.02. The zero-order chi connectivity index (χ0) is 12.8. The van der Waals surface area contributed by atoms with Gasteiger partial charge < -0.3 is 15.2 Å². The van der Waals surface area contributed by atoms with E-state index in [0.29, 0.717) is 0 Å². The van der Waals surface area contributed by atoms with Gasteiger partial charge in [0.2, 0.25) is 0 Å². The van der Waals surface area contributed by atoms with Gasteiger partial charge in [0.1, 0.15) is 0 Å². The predicted molar refractivity (Wildman–Crippen MR) is 46.7 cm³/mol. The van der Waals surface area contributed by atoms with Gasteiger partial charge in [0.25, 0.3) is 0 Å². The van der Waals surface area contributed by atoms with Gasteiger partial charge in [0.15, 0.2) is 0 Å². The van der Waals surface area contributed by atoms with Crippen LogP contribution in [0.1, 0.15) is 6.42 Å². The van der Waals surface area contributed by atoms with Gasteiger partial charge in [-0.15, -0.1) is 0 Å². The van der Waals surface area contributed by atoms with Crippen LogP contribution in [0.4, 0.5) is 13.2 Å². The number of carboxylic acid groups (broad SMARTS) is 1. The lowest BCUT2D eigenvalue weighted by Gasteiger charge is -2.02. The number of halogens is 3. The number of hydrogen-bond donors (Lipinski definition) is 2. The predicted octanol–water partition coefficient (Wildman–Crippen LogP) is 0.402. The van der Waals surface area contributed by atoms with E-state index in [2.05, 4.69) is 10.1 Å². The molecule has 1 heterocycles. The standard InChI is InChI=1S/C6H11NO2.C2HF3O2/c1-9-6(8)5-2-3-7-4-5;3-2(4,5)1(6)7/h5,7H,2-4H2,1H3;(H,6,7)/t5-;/m0./s1. The van der Waals surface area contributed by atoms with Crippen molar-refractivity contribution in [2.75, 3.05) is 20.2 Å². The molecule has 1 rings (SSSR count). The summed E-state index contributed by atoms with van der Waals surface area (Å²) >= 11 is 0. The maximum Gasteiger partial charge on any atom is 0.490 e. The molecular formula is C8H12F3NO4. The Hall–Kier alpha value is -1.31. The molecule has 0 radical (unpaired) electrons. The Kier molecular flexibility index (Phi) is 5.79. The summed E-state index contributed by atoms with van der Waals surface area (Å²) in [5.41, 5.74) is 0. The van der Waals surface area contributed by atoms with Gasteiger partial charge in [0, 0.05) is 6.54 Å². The first kappa shape index (κ1) is 14.7. The van der Waals surface area contributed by atoms with Crippen molar-refractivity contribution in [1.29, 1.82) is 0 Å². The van der Waals surface area contributed by atoms with Crippen molar-refractivity contribution < 1.29 is 32.6 Å². The smallest absolute Gasteiger partial charge is 0.475 e. The first-order chi connectivity index (χ1) is 7.29. The molecule has 0 spiro atoms. The van der Waals surface area contributed by atoms with Crippen LogP contribution in [0.15, 0.2) is 0 Å². The van der Waals surface area contributed by atoms with Crippen molar-refractivity contribution in [1.82, 2.24) is 5.32 Å². The van der Waals surface area contributed by atoms with E-state index in [4.69, 9.17) is 9.90 Å². The first-order valence-electron chi connectivity index (χ1n) is 4.37. The van der Waals surface area contributed by atoms with Crippen LogP contribution in [0.3, 0.4) is 0 Å². The van der Waals surface area contributed by atoms with Crippen LogP contribution in [-0.2, 0) is 14.3 Å². The number of esters is 1. The molecule has 1 fully saturated rings. The average molecular weight is 243 g/mol. The van der Waals surface area contributed by atoms with Gasteiger partial charge >= 0.3 is 18.1 Å². The van der Waals surface area contributed by atoms with Gasteiger partial charge in [-0.2, -0.15) is 13.2 Å². The van der Waals surface area contributed by atoms with Gasteiger partial charge in [-0.05, 0) is 13.0 Å². The fraction of sp³-hybridized carbons (Fsp3) is 0.750. The highest BCUT2D eigenvalue weighted by Crippen LogP contribution is 2.13. The van der Waals surface area contributed by atoms with Gasteiger partial charge in [-0.3, -0.25) is 4.79 Å². The normalized spacial score (nSPS) is 19.6. The van der Waals surface area contributed by atoms with Crippen LogP contribution in [0, 0.1) is 5.92 Å². The van der Waals surface area contributed by atoms with E-state index in [1.807, 2.05) is 0 Å². The minimum Gasteiger partial charge on any atom is -0.475 e. The van der Waals surface area contributed by atoms with Gasteiger partial charge in [0.05, 0.1) is 13.0 Å². The summed E-state index contributed by atoms with van der Waals surface area (Å²) in [7, 11) is 1.43. The van der Waals surface area contributed by atoms with Crippen LogP contribution < -0.4 is 5.32 Å². The Morgan fingerprint density at radius 2 is 1.94 bits per heavy atom. The van der Waals surface area contributed by atoms with E-state index in [1.165, 1.54) is 7.11 Å². The highest BCUT2D eigenvalue weighted by atomic mass is 19.4. The molecule has 0 aromatic rings. The quantitative estimate of drug-likeness (QED) is 0.652. The summed E-state index contributed by atoms with van der Waals surface area (Å²) in [6.45, 7) is 1.73. The molecule has 1 aliphatic rings. The van der Waals surface area contributed by atoms with E-state index in [1.54, 1.807) is 0 Å². The van der Waals surface area contributed by atoms with Crippen LogP contribution in [0.5, 0.6) is 0 Å². The Morgan fingerprint density at radius 3 is 2.19 bits per heavy atom. The summed E-state index contributed by atoms with van der Waals surface area (Å²) in [5.74, 6) is -2.73. The number of carboxylic acids is 1. The van der Waals surface area contributed by atoms with Crippen molar-refractivity contribution in [2.24, 2.45) is 5.92 Å². The summed E-state index contributed by atoms with van der Waals surface area (Å²) in [6.07, 6.45) is -4.16. The molecular weight excluding hydrogens is 231 g/mol. The summed E-state index contributed by atoms with van der Waals surface area (Å²) in [6, 6.07) is 0. The molecule has 1 saturated heterocycles. The molecule has 0 saturated carbocycles. The molecule has 2 N–H and O–H groups in total. The molecule has 0 amide bonds. The molecule has 5 nitrogen and oxygen atoms in total. The first-order valence-corrected chi connectivity index (χ1v) is 4.37. The fourth-order valence-electron chi connectivity index (χ4n) is 1.02. The minimum absolute atomic E-state index is 0.0833. The van der Waals surface area contributed by atoms with Crippen molar-refractivity contribution in [3.8, 4) is 0 Å². The Labute approximate surface area is 89.6 Å². The summed E-state index contributed by atoms with van der Waals surface area (Å²) < 4.78 is 36.3.